The summed E-state index contributed by atoms with van der Waals surface area (Å²) in [7, 11) is 0. The number of hydrogen-bond acceptors (Lipinski definition) is 7. The maximum atomic E-state index is 12.0. The predicted molar refractivity (Wildman–Crippen MR) is 95.3 cm³/mol. The lowest BCUT2D eigenvalue weighted by molar-refractivity contribution is -0.385. The lowest BCUT2D eigenvalue weighted by Crippen LogP contribution is -2.25. The van der Waals surface area contributed by atoms with Gasteiger partial charge < -0.3 is 14.6 Å². The van der Waals surface area contributed by atoms with Crippen LogP contribution in [0.1, 0.15) is 31.2 Å². The normalized spacial score (nSPS) is 15.9. The van der Waals surface area contributed by atoms with Crippen molar-refractivity contribution >= 4 is 17.5 Å². The van der Waals surface area contributed by atoms with E-state index in [-0.39, 0.29) is 28.6 Å². The number of carbonyl (C=O) groups excluding carboxylic acids is 1. The molecule has 0 unspecified atom stereocenters. The molecule has 1 heterocycles. The molecule has 0 aliphatic carbocycles. The van der Waals surface area contributed by atoms with Crippen molar-refractivity contribution in [1.29, 1.82) is 0 Å². The van der Waals surface area contributed by atoms with Gasteiger partial charge in [0, 0.05) is 18.6 Å². The third kappa shape index (κ3) is 3.52. The molecular formula is C18H17N3O6. The van der Waals surface area contributed by atoms with Crippen LogP contribution in [0.4, 0.5) is 5.69 Å². The maximum Gasteiger partial charge on any atom is 0.282 e. The van der Waals surface area contributed by atoms with Gasteiger partial charge in [0.2, 0.25) is 18.0 Å². The zero-order valence-electron chi connectivity index (χ0n) is 14.7. The highest BCUT2D eigenvalue weighted by molar-refractivity contribution is 5.99. The number of nitro benzene ring substituents is 1. The standard InChI is InChI=1S/C18H17N3O6/c1-3-26-16-10-12(8-9-15(16)23)18-20(11(2)22)19-17(27-18)13-6-4-5-7-14(13)21(24)25/h4-10,18,23H,3H2,1-2H3/t18-/m0/s1. The second-order valence-corrected chi connectivity index (χ2v) is 5.67. The van der Waals surface area contributed by atoms with E-state index in [1.54, 1.807) is 19.1 Å². The number of amides is 1. The van der Waals surface area contributed by atoms with Gasteiger partial charge in [-0.05, 0) is 31.2 Å². The first-order valence-corrected chi connectivity index (χ1v) is 8.17. The van der Waals surface area contributed by atoms with E-state index in [9.17, 15) is 20.0 Å². The van der Waals surface area contributed by atoms with Crippen LogP contribution >= 0.6 is 0 Å². The van der Waals surface area contributed by atoms with E-state index in [4.69, 9.17) is 9.47 Å². The molecule has 0 radical (unpaired) electrons. The summed E-state index contributed by atoms with van der Waals surface area (Å²) in [5.41, 5.74) is 0.491. The van der Waals surface area contributed by atoms with E-state index in [1.165, 1.54) is 37.3 Å². The molecule has 2 aromatic rings. The highest BCUT2D eigenvalue weighted by Gasteiger charge is 2.35. The minimum atomic E-state index is -0.933. The zero-order valence-corrected chi connectivity index (χ0v) is 14.7. The molecule has 140 valence electrons. The molecule has 0 saturated carbocycles. The molecule has 27 heavy (non-hydrogen) atoms. The summed E-state index contributed by atoms with van der Waals surface area (Å²) >= 11 is 0. The smallest absolute Gasteiger partial charge is 0.282 e. The van der Waals surface area contributed by atoms with E-state index in [2.05, 4.69) is 5.10 Å². The Labute approximate surface area is 154 Å². The van der Waals surface area contributed by atoms with Gasteiger partial charge in [-0.15, -0.1) is 5.10 Å². The molecule has 0 spiro atoms. The van der Waals surface area contributed by atoms with E-state index < -0.39 is 17.1 Å². The number of aromatic hydroxyl groups is 1. The van der Waals surface area contributed by atoms with Crippen LogP contribution in [0.15, 0.2) is 47.6 Å². The third-order valence-corrected chi connectivity index (χ3v) is 3.87. The molecular weight excluding hydrogens is 354 g/mol. The largest absolute Gasteiger partial charge is 0.504 e. The van der Waals surface area contributed by atoms with Crippen LogP contribution in [-0.2, 0) is 9.53 Å². The number of benzene rings is 2. The number of hydrogen-bond donors (Lipinski definition) is 1. The first-order valence-electron chi connectivity index (χ1n) is 8.17. The van der Waals surface area contributed by atoms with Crippen LogP contribution in [-0.4, -0.2) is 33.5 Å². The van der Waals surface area contributed by atoms with Gasteiger partial charge in [-0.25, -0.2) is 0 Å². The van der Waals surface area contributed by atoms with Crippen LogP contribution < -0.4 is 4.74 Å². The fraction of sp³-hybridized carbons (Fsp3) is 0.222. The number of rotatable bonds is 5. The van der Waals surface area contributed by atoms with Crippen LogP contribution in [0.3, 0.4) is 0 Å². The Balaban J connectivity index is 2.00. The molecule has 0 bridgehead atoms. The van der Waals surface area contributed by atoms with Crippen LogP contribution in [0.25, 0.3) is 0 Å². The van der Waals surface area contributed by atoms with Gasteiger partial charge in [0.15, 0.2) is 11.5 Å². The van der Waals surface area contributed by atoms with Crippen LogP contribution in [0.5, 0.6) is 11.5 Å². The highest BCUT2D eigenvalue weighted by Crippen LogP contribution is 2.36. The van der Waals surface area contributed by atoms with Crippen LogP contribution in [0, 0.1) is 10.1 Å². The Morgan fingerprint density at radius 1 is 1.37 bits per heavy atom. The number of phenolic OH excluding ortho intramolecular Hbond substituents is 1. The van der Waals surface area contributed by atoms with Crippen molar-refractivity contribution in [3.05, 3.63) is 63.7 Å². The lowest BCUT2D eigenvalue weighted by Gasteiger charge is -2.20. The molecule has 1 aliphatic heterocycles. The van der Waals surface area contributed by atoms with Gasteiger partial charge in [0.05, 0.1) is 11.5 Å². The van der Waals surface area contributed by atoms with Crippen molar-refractivity contribution in [2.24, 2.45) is 5.10 Å². The van der Waals surface area contributed by atoms with E-state index >= 15 is 0 Å². The van der Waals surface area contributed by atoms with Crippen molar-refractivity contribution < 1.29 is 24.3 Å². The topological polar surface area (TPSA) is 114 Å². The predicted octanol–water partition coefficient (Wildman–Crippen LogP) is 2.94. The molecule has 0 saturated heterocycles. The zero-order chi connectivity index (χ0) is 19.6. The molecule has 3 rings (SSSR count). The van der Waals surface area contributed by atoms with Gasteiger partial charge in [0.1, 0.15) is 5.56 Å². The van der Waals surface area contributed by atoms with Crippen LogP contribution in [0.2, 0.25) is 0 Å². The van der Waals surface area contributed by atoms with Gasteiger partial charge in [-0.3, -0.25) is 14.9 Å². The quantitative estimate of drug-likeness (QED) is 0.638. The third-order valence-electron chi connectivity index (χ3n) is 3.87. The average molecular weight is 371 g/mol. The second-order valence-electron chi connectivity index (χ2n) is 5.67. The molecule has 1 aliphatic rings. The minimum absolute atomic E-state index is 0.0338. The summed E-state index contributed by atoms with van der Waals surface area (Å²) in [5.74, 6) is -0.248. The second kappa shape index (κ2) is 7.32. The highest BCUT2D eigenvalue weighted by atomic mass is 16.6. The molecule has 2 aromatic carbocycles. The number of nitrogens with zero attached hydrogens (tertiary/aromatic N) is 3. The Bertz CT molecular complexity index is 927. The van der Waals surface area contributed by atoms with Gasteiger partial charge in [-0.1, -0.05) is 12.1 Å². The fourth-order valence-electron chi connectivity index (χ4n) is 2.66. The first-order chi connectivity index (χ1) is 12.9. The summed E-state index contributed by atoms with van der Waals surface area (Å²) in [6, 6.07) is 10.5. The average Bonchev–Trinajstić information content (AvgIpc) is 3.09. The van der Waals surface area contributed by atoms with E-state index in [0.717, 1.165) is 5.01 Å². The number of nitro groups is 1. The molecule has 0 aromatic heterocycles. The number of carbonyl (C=O) groups is 1. The fourth-order valence-corrected chi connectivity index (χ4v) is 2.66. The van der Waals surface area contributed by atoms with Crippen molar-refractivity contribution in [3.63, 3.8) is 0 Å². The monoisotopic (exact) mass is 371 g/mol. The molecule has 1 N–H and O–H groups in total. The van der Waals surface area contributed by atoms with Crippen molar-refractivity contribution in [2.75, 3.05) is 6.61 Å². The summed E-state index contributed by atoms with van der Waals surface area (Å²) in [5, 5.41) is 26.3. The Morgan fingerprint density at radius 2 is 2.11 bits per heavy atom. The summed E-state index contributed by atoms with van der Waals surface area (Å²) in [4.78, 5) is 22.8. The van der Waals surface area contributed by atoms with Crippen molar-refractivity contribution in [2.45, 2.75) is 20.1 Å². The van der Waals surface area contributed by atoms with Gasteiger partial charge in [0.25, 0.3) is 5.69 Å². The molecule has 1 amide bonds. The lowest BCUT2D eigenvalue weighted by atomic mass is 10.1. The minimum Gasteiger partial charge on any atom is -0.504 e. The summed E-state index contributed by atoms with van der Waals surface area (Å²) in [6.07, 6.45) is -0.933. The first kappa shape index (κ1) is 18.2. The Kier molecular flexibility index (Phi) is 4.93. The van der Waals surface area contributed by atoms with Crippen molar-refractivity contribution in [3.8, 4) is 11.5 Å². The molecule has 9 nitrogen and oxygen atoms in total. The SMILES string of the molecule is CCOc1cc([C@@H]2OC(c3ccccc3[N+](=O)[O-])=NN2C(C)=O)ccc1O. The summed E-state index contributed by atoms with van der Waals surface area (Å²) < 4.78 is 11.1. The van der Waals surface area contributed by atoms with Crippen molar-refractivity contribution in [1.82, 2.24) is 5.01 Å². The Morgan fingerprint density at radius 3 is 2.78 bits per heavy atom. The molecule has 1 atom stereocenters. The van der Waals surface area contributed by atoms with Gasteiger partial charge >= 0.3 is 0 Å². The van der Waals surface area contributed by atoms with E-state index in [0.29, 0.717) is 12.2 Å². The number of para-hydroxylation sites is 1. The summed E-state index contributed by atoms with van der Waals surface area (Å²) in [6.45, 7) is 3.43. The number of ether oxygens (including phenoxy) is 2. The van der Waals surface area contributed by atoms with E-state index in [1.807, 2.05) is 0 Å². The molecule has 0 fully saturated rings. The number of phenols is 1. The van der Waals surface area contributed by atoms with Gasteiger partial charge in [-0.2, -0.15) is 5.01 Å². The maximum absolute atomic E-state index is 12.0. The molecule has 9 heteroatoms. The number of hydrazone groups is 1. The Hall–Kier alpha value is -3.62.